The predicted octanol–water partition coefficient (Wildman–Crippen LogP) is 4.19. The number of rotatable bonds is 5. The van der Waals surface area contributed by atoms with Crippen molar-refractivity contribution >= 4 is 28.9 Å². The third kappa shape index (κ3) is 4.07. The summed E-state index contributed by atoms with van der Waals surface area (Å²) in [4.78, 5) is 11.4. The van der Waals surface area contributed by atoms with Crippen molar-refractivity contribution in [3.05, 3.63) is 29.0 Å². The molecule has 0 saturated carbocycles. The van der Waals surface area contributed by atoms with E-state index in [1.807, 2.05) is 13.0 Å². The number of halogens is 1. The molecule has 2 heterocycles. The Morgan fingerprint density at radius 2 is 1.72 bits per heavy atom. The van der Waals surface area contributed by atoms with Gasteiger partial charge in [-0.15, -0.1) is 0 Å². The zero-order valence-corrected chi connectivity index (χ0v) is 15.6. The van der Waals surface area contributed by atoms with E-state index in [9.17, 15) is 0 Å². The first kappa shape index (κ1) is 17.6. The zero-order chi connectivity index (χ0) is 17.8. The molecule has 25 heavy (non-hydrogen) atoms. The molecule has 1 aromatic heterocycles. The van der Waals surface area contributed by atoms with Gasteiger partial charge in [0.1, 0.15) is 29.0 Å². The van der Waals surface area contributed by atoms with Crippen LogP contribution in [-0.4, -0.2) is 37.3 Å². The molecule has 0 amide bonds. The first-order valence-corrected chi connectivity index (χ1v) is 8.77. The summed E-state index contributed by atoms with van der Waals surface area (Å²) in [6.07, 6.45) is 3.69. The zero-order valence-electron chi connectivity index (χ0n) is 14.8. The molecule has 1 saturated heterocycles. The van der Waals surface area contributed by atoms with Gasteiger partial charge in [-0.05, 0) is 26.2 Å². The fourth-order valence-electron chi connectivity index (χ4n) is 3.00. The summed E-state index contributed by atoms with van der Waals surface area (Å²) < 4.78 is 10.7. The average molecular weight is 363 g/mol. The van der Waals surface area contributed by atoms with Crippen molar-refractivity contribution in [2.24, 2.45) is 0 Å². The Morgan fingerprint density at radius 1 is 1.00 bits per heavy atom. The summed E-state index contributed by atoms with van der Waals surface area (Å²) in [5, 5.41) is 3.80. The van der Waals surface area contributed by atoms with Gasteiger partial charge in [-0.25, -0.2) is 9.97 Å². The molecule has 3 rings (SSSR count). The van der Waals surface area contributed by atoms with Crippen LogP contribution in [0.2, 0.25) is 5.02 Å². The highest BCUT2D eigenvalue weighted by Gasteiger charge is 2.15. The van der Waals surface area contributed by atoms with Gasteiger partial charge in [0.25, 0.3) is 0 Å². The smallest absolute Gasteiger partial charge is 0.144 e. The Balaban J connectivity index is 1.91. The van der Waals surface area contributed by atoms with Crippen molar-refractivity contribution in [3.63, 3.8) is 0 Å². The maximum atomic E-state index is 6.17. The van der Waals surface area contributed by atoms with Crippen LogP contribution in [0.15, 0.2) is 18.2 Å². The molecule has 1 aliphatic heterocycles. The molecule has 1 aliphatic rings. The molecule has 2 aromatic rings. The molecule has 0 aliphatic carbocycles. The summed E-state index contributed by atoms with van der Waals surface area (Å²) in [6, 6.07) is 5.50. The van der Waals surface area contributed by atoms with Gasteiger partial charge >= 0.3 is 0 Å². The van der Waals surface area contributed by atoms with Gasteiger partial charge in [0.2, 0.25) is 0 Å². The largest absolute Gasteiger partial charge is 0.495 e. The van der Waals surface area contributed by atoms with Gasteiger partial charge in [-0.3, -0.25) is 0 Å². The van der Waals surface area contributed by atoms with Gasteiger partial charge in [0, 0.05) is 31.3 Å². The number of aryl methyl sites for hydroxylation is 1. The molecule has 1 N–H and O–H groups in total. The minimum Gasteiger partial charge on any atom is -0.495 e. The van der Waals surface area contributed by atoms with Crippen LogP contribution >= 0.6 is 11.6 Å². The van der Waals surface area contributed by atoms with Gasteiger partial charge < -0.3 is 19.7 Å². The Bertz CT molecular complexity index is 748. The first-order valence-electron chi connectivity index (χ1n) is 8.40. The minimum atomic E-state index is 0.498. The lowest BCUT2D eigenvalue weighted by molar-refractivity contribution is 0.405. The topological polar surface area (TPSA) is 59.5 Å². The molecule has 134 valence electrons. The Morgan fingerprint density at radius 3 is 2.40 bits per heavy atom. The van der Waals surface area contributed by atoms with Gasteiger partial charge in [-0.1, -0.05) is 11.6 Å². The van der Waals surface area contributed by atoms with E-state index < -0.39 is 0 Å². The van der Waals surface area contributed by atoms with E-state index in [0.29, 0.717) is 16.5 Å². The van der Waals surface area contributed by atoms with E-state index in [-0.39, 0.29) is 0 Å². The third-order valence-corrected chi connectivity index (χ3v) is 4.54. The number of aromatic nitrogens is 2. The Labute approximate surface area is 153 Å². The molecule has 0 radical (unpaired) electrons. The number of nitrogens with zero attached hydrogens (tertiary/aromatic N) is 3. The average Bonchev–Trinajstić information content (AvgIpc) is 2.63. The fourth-order valence-corrected chi connectivity index (χ4v) is 3.23. The Hall–Kier alpha value is -2.21. The van der Waals surface area contributed by atoms with Crippen molar-refractivity contribution in [1.29, 1.82) is 0 Å². The molecular formula is C18H23ClN4O2. The van der Waals surface area contributed by atoms with E-state index >= 15 is 0 Å². The number of nitrogens with one attached hydrogen (secondary N) is 1. The quantitative estimate of drug-likeness (QED) is 0.860. The SMILES string of the molecule is COc1cc(Nc2cc(N3CCCCC3)nc(C)n2)c(OC)cc1Cl. The second kappa shape index (κ2) is 7.78. The van der Waals surface area contributed by atoms with E-state index in [2.05, 4.69) is 20.2 Å². The predicted molar refractivity (Wildman–Crippen MR) is 101 cm³/mol. The molecule has 6 nitrogen and oxygen atoms in total. The van der Waals surface area contributed by atoms with Crippen LogP contribution in [0.25, 0.3) is 0 Å². The summed E-state index contributed by atoms with van der Waals surface area (Å²) in [5.41, 5.74) is 0.742. The van der Waals surface area contributed by atoms with E-state index in [0.717, 1.165) is 36.2 Å². The number of hydrogen-bond donors (Lipinski definition) is 1. The van der Waals surface area contributed by atoms with Crippen molar-refractivity contribution < 1.29 is 9.47 Å². The maximum absolute atomic E-state index is 6.17. The minimum absolute atomic E-state index is 0.498. The van der Waals surface area contributed by atoms with Crippen molar-refractivity contribution in [2.75, 3.05) is 37.5 Å². The molecular weight excluding hydrogens is 340 g/mol. The monoisotopic (exact) mass is 362 g/mol. The van der Waals surface area contributed by atoms with Crippen LogP contribution in [0.3, 0.4) is 0 Å². The second-order valence-corrected chi connectivity index (χ2v) is 6.43. The van der Waals surface area contributed by atoms with Crippen molar-refractivity contribution in [3.8, 4) is 11.5 Å². The number of anilines is 3. The molecule has 0 bridgehead atoms. The maximum Gasteiger partial charge on any atom is 0.144 e. The van der Waals surface area contributed by atoms with Crippen LogP contribution in [0.1, 0.15) is 25.1 Å². The molecule has 0 spiro atoms. The molecule has 1 fully saturated rings. The van der Waals surface area contributed by atoms with Gasteiger partial charge in [0.05, 0.1) is 24.9 Å². The first-order chi connectivity index (χ1) is 12.1. The molecule has 0 unspecified atom stereocenters. The summed E-state index contributed by atoms with van der Waals surface area (Å²) >= 11 is 6.17. The van der Waals surface area contributed by atoms with Crippen LogP contribution in [0, 0.1) is 6.92 Å². The van der Waals surface area contributed by atoms with Gasteiger partial charge in [-0.2, -0.15) is 0 Å². The van der Waals surface area contributed by atoms with E-state index in [4.69, 9.17) is 21.1 Å². The van der Waals surface area contributed by atoms with Crippen LogP contribution in [0.5, 0.6) is 11.5 Å². The number of hydrogen-bond acceptors (Lipinski definition) is 6. The number of ether oxygens (including phenoxy) is 2. The number of piperidine rings is 1. The van der Waals surface area contributed by atoms with Crippen LogP contribution < -0.4 is 19.7 Å². The highest BCUT2D eigenvalue weighted by atomic mass is 35.5. The van der Waals surface area contributed by atoms with Crippen LogP contribution in [-0.2, 0) is 0 Å². The Kier molecular flexibility index (Phi) is 5.48. The van der Waals surface area contributed by atoms with E-state index in [1.54, 1.807) is 26.4 Å². The standard InChI is InChI=1S/C18H23ClN4O2/c1-12-20-17(11-18(21-12)23-7-5-4-6-8-23)22-14-10-15(24-2)13(19)9-16(14)25-3/h9-11H,4-8H2,1-3H3,(H,20,21,22). The third-order valence-electron chi connectivity index (χ3n) is 4.24. The summed E-state index contributed by atoms with van der Waals surface area (Å²) in [6.45, 7) is 3.97. The highest BCUT2D eigenvalue weighted by Crippen LogP contribution is 2.37. The van der Waals surface area contributed by atoms with Gasteiger partial charge in [0.15, 0.2) is 0 Å². The second-order valence-electron chi connectivity index (χ2n) is 6.02. The van der Waals surface area contributed by atoms with E-state index in [1.165, 1.54) is 19.3 Å². The molecule has 1 aromatic carbocycles. The lowest BCUT2D eigenvalue weighted by Gasteiger charge is -2.28. The lowest BCUT2D eigenvalue weighted by atomic mass is 10.1. The fraction of sp³-hybridized carbons (Fsp3) is 0.444. The van der Waals surface area contributed by atoms with Crippen molar-refractivity contribution in [2.45, 2.75) is 26.2 Å². The highest BCUT2D eigenvalue weighted by molar-refractivity contribution is 6.32. The number of benzene rings is 1. The summed E-state index contributed by atoms with van der Waals surface area (Å²) in [7, 11) is 3.19. The van der Waals surface area contributed by atoms with Crippen molar-refractivity contribution in [1.82, 2.24) is 9.97 Å². The van der Waals surface area contributed by atoms with Crippen LogP contribution in [0.4, 0.5) is 17.3 Å². The summed E-state index contributed by atoms with van der Waals surface area (Å²) in [5.74, 6) is 3.60. The molecule has 7 heteroatoms. The molecule has 0 atom stereocenters. The normalized spacial score (nSPS) is 14.3. The lowest BCUT2D eigenvalue weighted by Crippen LogP contribution is -2.30. The number of methoxy groups -OCH3 is 2.